The van der Waals surface area contributed by atoms with E-state index in [2.05, 4.69) is 0 Å². The molecule has 0 saturated carbocycles. The maximum Gasteiger partial charge on any atom is 0.299 e. The number of nitrogens with zero attached hydrogens (tertiary/aromatic N) is 1. The average molecular weight is 287 g/mol. The summed E-state index contributed by atoms with van der Waals surface area (Å²) in [5, 5.41) is 0. The summed E-state index contributed by atoms with van der Waals surface area (Å²) < 4.78 is 18.6. The Kier molecular flexibility index (Phi) is 2.94. The Bertz CT molecular complexity index is 778. The highest BCUT2D eigenvalue weighted by Gasteiger charge is 2.37. The number of Topliss-reactive ketones (excluding diaryl/α,β-unsaturated/α-hetero) is 1. The number of hydrogen-bond acceptors (Lipinski definition) is 4. The number of aryl methyl sites for hydroxylation is 1. The molecule has 1 aromatic carbocycles. The van der Waals surface area contributed by atoms with E-state index in [4.69, 9.17) is 4.42 Å². The Labute approximate surface area is 119 Å². The van der Waals surface area contributed by atoms with E-state index in [9.17, 15) is 18.8 Å². The van der Waals surface area contributed by atoms with Crippen LogP contribution in [-0.2, 0) is 11.3 Å². The SMILES string of the molecule is Cc1cc(F)cc2c1N(Cc1ccc(C=O)o1)C(=O)C2=O. The third kappa shape index (κ3) is 2.05. The summed E-state index contributed by atoms with van der Waals surface area (Å²) >= 11 is 0. The van der Waals surface area contributed by atoms with E-state index >= 15 is 0 Å². The zero-order chi connectivity index (χ0) is 15.1. The van der Waals surface area contributed by atoms with Crippen LogP contribution in [0.5, 0.6) is 0 Å². The van der Waals surface area contributed by atoms with E-state index in [0.29, 0.717) is 23.3 Å². The third-order valence-electron chi connectivity index (χ3n) is 3.33. The van der Waals surface area contributed by atoms with Crippen molar-refractivity contribution in [2.24, 2.45) is 0 Å². The zero-order valence-electron chi connectivity index (χ0n) is 11.1. The smallest absolute Gasteiger partial charge is 0.299 e. The van der Waals surface area contributed by atoms with Gasteiger partial charge in [-0.3, -0.25) is 19.3 Å². The Hall–Kier alpha value is -2.76. The van der Waals surface area contributed by atoms with E-state index in [1.54, 1.807) is 13.0 Å². The summed E-state index contributed by atoms with van der Waals surface area (Å²) in [6, 6.07) is 5.35. The molecule has 0 aliphatic carbocycles. The van der Waals surface area contributed by atoms with Gasteiger partial charge in [0.05, 0.1) is 17.8 Å². The summed E-state index contributed by atoms with van der Waals surface area (Å²) in [4.78, 5) is 35.8. The van der Waals surface area contributed by atoms with Crippen LogP contribution in [0.15, 0.2) is 28.7 Å². The van der Waals surface area contributed by atoms with Crippen molar-refractivity contribution < 1.29 is 23.2 Å². The molecule has 0 radical (unpaired) electrons. The first-order valence-corrected chi connectivity index (χ1v) is 6.21. The Morgan fingerprint density at radius 2 is 2.05 bits per heavy atom. The van der Waals surface area contributed by atoms with Gasteiger partial charge in [0.1, 0.15) is 11.6 Å². The Morgan fingerprint density at radius 3 is 2.71 bits per heavy atom. The van der Waals surface area contributed by atoms with E-state index in [0.717, 1.165) is 6.07 Å². The molecule has 1 aliphatic rings. The van der Waals surface area contributed by atoms with Gasteiger partial charge in [-0.15, -0.1) is 0 Å². The fraction of sp³-hybridized carbons (Fsp3) is 0.133. The highest BCUT2D eigenvalue weighted by molar-refractivity contribution is 6.52. The minimum atomic E-state index is -0.741. The number of anilines is 1. The minimum Gasteiger partial charge on any atom is -0.456 e. The first kappa shape index (κ1) is 13.2. The first-order chi connectivity index (χ1) is 10.0. The van der Waals surface area contributed by atoms with Crippen LogP contribution in [0.4, 0.5) is 10.1 Å². The normalized spacial score (nSPS) is 13.7. The van der Waals surface area contributed by atoms with Crippen LogP contribution in [0, 0.1) is 12.7 Å². The van der Waals surface area contributed by atoms with Gasteiger partial charge in [0.25, 0.3) is 11.7 Å². The standard InChI is InChI=1S/C15H10FNO4/c1-8-4-9(16)5-12-13(8)17(15(20)14(12)19)6-10-2-3-11(7-18)21-10/h2-5,7H,6H2,1H3. The molecule has 0 saturated heterocycles. The highest BCUT2D eigenvalue weighted by Crippen LogP contribution is 2.34. The summed E-state index contributed by atoms with van der Waals surface area (Å²) in [7, 11) is 0. The molecule has 0 bridgehead atoms. The lowest BCUT2D eigenvalue weighted by atomic mass is 10.1. The van der Waals surface area contributed by atoms with Crippen molar-refractivity contribution in [2.75, 3.05) is 4.90 Å². The number of amides is 1. The van der Waals surface area contributed by atoms with Gasteiger partial charge in [-0.25, -0.2) is 4.39 Å². The van der Waals surface area contributed by atoms with Crippen LogP contribution in [0.2, 0.25) is 0 Å². The summed E-state index contributed by atoms with van der Waals surface area (Å²) in [5.74, 6) is -1.53. The Balaban J connectivity index is 2.03. The zero-order valence-corrected chi connectivity index (χ0v) is 11.1. The van der Waals surface area contributed by atoms with Gasteiger partial charge < -0.3 is 4.42 Å². The van der Waals surface area contributed by atoms with Crippen LogP contribution < -0.4 is 4.90 Å². The van der Waals surface area contributed by atoms with Gasteiger partial charge in [-0.05, 0) is 36.8 Å². The van der Waals surface area contributed by atoms with Gasteiger partial charge in [0.15, 0.2) is 12.0 Å². The first-order valence-electron chi connectivity index (χ1n) is 6.21. The van der Waals surface area contributed by atoms with Crippen molar-refractivity contribution in [3.63, 3.8) is 0 Å². The molecule has 0 atom stereocenters. The van der Waals surface area contributed by atoms with Gasteiger partial charge in [-0.2, -0.15) is 0 Å². The molecule has 5 nitrogen and oxygen atoms in total. The number of ketones is 1. The molecule has 1 aliphatic heterocycles. The second kappa shape index (κ2) is 4.66. The monoisotopic (exact) mass is 287 g/mol. The molecule has 6 heteroatoms. The fourth-order valence-corrected chi connectivity index (χ4v) is 2.46. The number of hydrogen-bond donors (Lipinski definition) is 0. The lowest BCUT2D eigenvalue weighted by Crippen LogP contribution is -2.29. The predicted octanol–water partition coefficient (Wildman–Crippen LogP) is 2.27. The quantitative estimate of drug-likeness (QED) is 0.641. The number of halogens is 1. The fourth-order valence-electron chi connectivity index (χ4n) is 2.46. The molecule has 106 valence electrons. The number of rotatable bonds is 3. The van der Waals surface area contributed by atoms with Crippen molar-refractivity contribution in [2.45, 2.75) is 13.5 Å². The number of carbonyl (C=O) groups excluding carboxylic acids is 3. The van der Waals surface area contributed by atoms with Crippen LogP contribution in [0.25, 0.3) is 0 Å². The number of benzene rings is 1. The topological polar surface area (TPSA) is 67.6 Å². The number of furan rings is 1. The van der Waals surface area contributed by atoms with E-state index in [1.807, 2.05) is 0 Å². The van der Waals surface area contributed by atoms with Gasteiger partial charge in [0, 0.05) is 0 Å². The second-order valence-corrected chi connectivity index (χ2v) is 4.76. The summed E-state index contributed by atoms with van der Waals surface area (Å²) in [6.07, 6.45) is 0.551. The molecule has 2 heterocycles. The molecule has 0 spiro atoms. The van der Waals surface area contributed by atoms with E-state index < -0.39 is 17.5 Å². The molecule has 21 heavy (non-hydrogen) atoms. The molecule has 1 aromatic heterocycles. The van der Waals surface area contributed by atoms with Gasteiger partial charge in [0.2, 0.25) is 0 Å². The summed E-state index contributed by atoms with van der Waals surface area (Å²) in [5.41, 5.74) is 0.932. The van der Waals surface area contributed by atoms with Gasteiger partial charge in [-0.1, -0.05) is 0 Å². The highest BCUT2D eigenvalue weighted by atomic mass is 19.1. The maximum atomic E-state index is 13.4. The van der Waals surface area contributed by atoms with E-state index in [1.165, 1.54) is 17.0 Å². The van der Waals surface area contributed by atoms with Crippen molar-refractivity contribution in [1.82, 2.24) is 0 Å². The minimum absolute atomic E-state index is 0.0118. The average Bonchev–Trinajstić information content (AvgIpc) is 2.98. The summed E-state index contributed by atoms with van der Waals surface area (Å²) in [6.45, 7) is 1.64. The lowest BCUT2D eigenvalue weighted by Gasteiger charge is -2.17. The van der Waals surface area contributed by atoms with Crippen LogP contribution in [0.3, 0.4) is 0 Å². The molecular weight excluding hydrogens is 277 g/mol. The number of carbonyl (C=O) groups is 3. The molecule has 2 aromatic rings. The number of fused-ring (bicyclic) bond motifs is 1. The number of aldehydes is 1. The van der Waals surface area contributed by atoms with Crippen LogP contribution in [-0.4, -0.2) is 18.0 Å². The van der Waals surface area contributed by atoms with Crippen molar-refractivity contribution in [3.05, 3.63) is 52.7 Å². The van der Waals surface area contributed by atoms with Crippen LogP contribution >= 0.6 is 0 Å². The predicted molar refractivity (Wildman–Crippen MR) is 70.8 cm³/mol. The lowest BCUT2D eigenvalue weighted by molar-refractivity contribution is -0.114. The molecule has 0 fully saturated rings. The molecule has 0 N–H and O–H groups in total. The molecule has 0 unspecified atom stereocenters. The third-order valence-corrected chi connectivity index (χ3v) is 3.33. The van der Waals surface area contributed by atoms with Crippen molar-refractivity contribution in [1.29, 1.82) is 0 Å². The maximum absolute atomic E-state index is 13.4. The van der Waals surface area contributed by atoms with Crippen molar-refractivity contribution in [3.8, 4) is 0 Å². The largest absolute Gasteiger partial charge is 0.456 e. The van der Waals surface area contributed by atoms with Gasteiger partial charge >= 0.3 is 0 Å². The van der Waals surface area contributed by atoms with Crippen LogP contribution in [0.1, 0.15) is 32.2 Å². The molecule has 1 amide bonds. The van der Waals surface area contributed by atoms with Crippen molar-refractivity contribution >= 4 is 23.7 Å². The van der Waals surface area contributed by atoms with E-state index in [-0.39, 0.29) is 17.9 Å². The molecular formula is C15H10FNO4. The second-order valence-electron chi connectivity index (χ2n) is 4.76. The molecule has 3 rings (SSSR count). The Morgan fingerprint density at radius 1 is 1.29 bits per heavy atom.